The van der Waals surface area contributed by atoms with Crippen molar-refractivity contribution in [3.63, 3.8) is 0 Å². The maximum absolute atomic E-state index is 12.8. The van der Waals surface area contributed by atoms with Gasteiger partial charge in [0.25, 0.3) is 0 Å². The third-order valence-corrected chi connectivity index (χ3v) is 5.46. The fourth-order valence-electron chi connectivity index (χ4n) is 3.06. The highest BCUT2D eigenvalue weighted by molar-refractivity contribution is 7.10. The number of nitrogens with zero attached hydrogens (tertiary/aromatic N) is 1. The fourth-order valence-corrected chi connectivity index (χ4v) is 3.84. The molecule has 2 aromatic rings. The molecule has 1 atom stereocenters. The number of amides is 4. The average Bonchev–Trinajstić information content (AvgIpc) is 3.26. The Bertz CT molecular complexity index is 903. The van der Waals surface area contributed by atoms with Gasteiger partial charge in [-0.2, -0.15) is 0 Å². The zero-order valence-corrected chi connectivity index (χ0v) is 17.4. The second-order valence-corrected chi connectivity index (χ2v) is 7.57. The molecule has 1 aromatic heterocycles. The van der Waals surface area contributed by atoms with Crippen LogP contribution in [0.2, 0.25) is 0 Å². The van der Waals surface area contributed by atoms with E-state index in [9.17, 15) is 14.4 Å². The predicted octanol–water partition coefficient (Wildman–Crippen LogP) is 2.11. The lowest BCUT2D eigenvalue weighted by Gasteiger charge is -2.24. The van der Waals surface area contributed by atoms with Gasteiger partial charge in [0.05, 0.1) is 19.0 Å². The molecule has 3 rings (SSSR count). The molecule has 4 N–H and O–H groups in total. The van der Waals surface area contributed by atoms with E-state index in [2.05, 4.69) is 10.6 Å². The molecule has 1 aromatic carbocycles. The Kier molecular flexibility index (Phi) is 7.12. The van der Waals surface area contributed by atoms with Crippen LogP contribution in [0.4, 0.5) is 10.5 Å². The number of fused-ring (bicyclic) bond motifs is 1. The molecule has 1 aliphatic rings. The minimum atomic E-state index is -0.708. The van der Waals surface area contributed by atoms with Crippen LogP contribution in [-0.4, -0.2) is 49.0 Å². The molecule has 4 amide bonds. The lowest BCUT2D eigenvalue weighted by molar-refractivity contribution is -0.134. The van der Waals surface area contributed by atoms with Crippen LogP contribution in [-0.2, 0) is 9.59 Å². The van der Waals surface area contributed by atoms with Crippen LogP contribution < -0.4 is 25.8 Å². The Balaban J connectivity index is 1.60. The van der Waals surface area contributed by atoms with Gasteiger partial charge >= 0.3 is 6.03 Å². The van der Waals surface area contributed by atoms with Gasteiger partial charge in [0.15, 0.2) is 11.5 Å². The van der Waals surface area contributed by atoms with Gasteiger partial charge in [0.1, 0.15) is 13.2 Å². The summed E-state index contributed by atoms with van der Waals surface area (Å²) >= 11 is 1.42. The van der Waals surface area contributed by atoms with Crippen molar-refractivity contribution in [2.75, 3.05) is 31.6 Å². The molecule has 2 heterocycles. The van der Waals surface area contributed by atoms with Crippen LogP contribution in [0.25, 0.3) is 0 Å². The van der Waals surface area contributed by atoms with E-state index in [1.807, 2.05) is 17.5 Å². The van der Waals surface area contributed by atoms with Gasteiger partial charge in [-0.05, 0) is 30.5 Å². The highest BCUT2D eigenvalue weighted by Gasteiger charge is 2.23. The van der Waals surface area contributed by atoms with Gasteiger partial charge < -0.3 is 30.7 Å². The van der Waals surface area contributed by atoms with E-state index in [1.165, 1.54) is 16.2 Å². The first-order valence-corrected chi connectivity index (χ1v) is 10.4. The summed E-state index contributed by atoms with van der Waals surface area (Å²) in [7, 11) is 0. The second-order valence-electron chi connectivity index (χ2n) is 6.60. The van der Waals surface area contributed by atoms with Gasteiger partial charge in [-0.15, -0.1) is 11.3 Å². The number of urea groups is 1. The van der Waals surface area contributed by atoms with E-state index in [4.69, 9.17) is 15.2 Å². The van der Waals surface area contributed by atoms with Crippen LogP contribution in [0.3, 0.4) is 0 Å². The summed E-state index contributed by atoms with van der Waals surface area (Å²) in [4.78, 5) is 38.8. The number of hydrogen-bond acceptors (Lipinski definition) is 6. The molecule has 1 unspecified atom stereocenters. The quantitative estimate of drug-likeness (QED) is 0.590. The number of hydrogen-bond donors (Lipinski definition) is 3. The highest BCUT2D eigenvalue weighted by Crippen LogP contribution is 2.32. The van der Waals surface area contributed by atoms with E-state index in [-0.39, 0.29) is 24.8 Å². The molecule has 1 aliphatic heterocycles. The van der Waals surface area contributed by atoms with Gasteiger partial charge in [0, 0.05) is 23.2 Å². The largest absolute Gasteiger partial charge is 0.486 e. The van der Waals surface area contributed by atoms with Gasteiger partial charge in [-0.3, -0.25) is 9.59 Å². The summed E-state index contributed by atoms with van der Waals surface area (Å²) in [5.74, 6) is 0.601. The summed E-state index contributed by atoms with van der Waals surface area (Å²) < 4.78 is 11.0. The van der Waals surface area contributed by atoms with Crippen LogP contribution in [0.1, 0.15) is 24.3 Å². The number of primary amides is 1. The molecule has 0 spiro atoms. The molecule has 160 valence electrons. The third-order valence-electron chi connectivity index (χ3n) is 4.48. The Hall–Kier alpha value is -3.27. The Labute approximate surface area is 178 Å². The number of nitrogens with two attached hydrogens (primary N) is 1. The number of carbonyl (C=O) groups excluding carboxylic acids is 3. The molecule has 0 radical (unpaired) electrons. The van der Waals surface area contributed by atoms with Crippen molar-refractivity contribution in [2.24, 2.45) is 5.73 Å². The van der Waals surface area contributed by atoms with Gasteiger partial charge in [-0.25, -0.2) is 4.79 Å². The molecule has 0 aliphatic carbocycles. The standard InChI is InChI=1S/C20H24N4O5S/c1-2-24(19(26)11-14(23-20(21)27)17-4-3-9-30-17)12-18(25)22-13-5-6-15-16(10-13)29-8-7-28-15/h3-6,9-10,14H,2,7-8,11-12H2,1H3,(H,22,25)(H3,21,23,27). The smallest absolute Gasteiger partial charge is 0.312 e. The third kappa shape index (κ3) is 5.63. The minimum Gasteiger partial charge on any atom is -0.486 e. The zero-order chi connectivity index (χ0) is 21.5. The number of nitrogens with one attached hydrogen (secondary N) is 2. The molecule has 9 nitrogen and oxygen atoms in total. The Morgan fingerprint density at radius 1 is 1.20 bits per heavy atom. The summed E-state index contributed by atoms with van der Waals surface area (Å²) in [5, 5.41) is 7.21. The van der Waals surface area contributed by atoms with Gasteiger partial charge in [0.2, 0.25) is 11.8 Å². The van der Waals surface area contributed by atoms with E-state index < -0.39 is 12.1 Å². The molecule has 30 heavy (non-hydrogen) atoms. The molecule has 0 saturated carbocycles. The van der Waals surface area contributed by atoms with Crippen molar-refractivity contribution in [1.82, 2.24) is 10.2 Å². The molecule has 0 bridgehead atoms. The van der Waals surface area contributed by atoms with Crippen molar-refractivity contribution >= 4 is 34.9 Å². The highest BCUT2D eigenvalue weighted by atomic mass is 32.1. The van der Waals surface area contributed by atoms with Crippen molar-refractivity contribution in [2.45, 2.75) is 19.4 Å². The first-order chi connectivity index (χ1) is 14.5. The summed E-state index contributed by atoms with van der Waals surface area (Å²) in [6.07, 6.45) is 0.00853. The van der Waals surface area contributed by atoms with E-state index in [0.29, 0.717) is 36.9 Å². The topological polar surface area (TPSA) is 123 Å². The molecule has 0 fully saturated rings. The van der Waals surface area contributed by atoms with Crippen LogP contribution in [0.15, 0.2) is 35.7 Å². The lowest BCUT2D eigenvalue weighted by Crippen LogP contribution is -2.41. The van der Waals surface area contributed by atoms with Crippen molar-refractivity contribution in [3.05, 3.63) is 40.6 Å². The minimum absolute atomic E-state index is 0.00853. The number of carbonyl (C=O) groups is 3. The number of rotatable bonds is 8. The second kappa shape index (κ2) is 9.97. The van der Waals surface area contributed by atoms with E-state index in [1.54, 1.807) is 25.1 Å². The average molecular weight is 433 g/mol. The van der Waals surface area contributed by atoms with E-state index >= 15 is 0 Å². The van der Waals surface area contributed by atoms with Crippen molar-refractivity contribution < 1.29 is 23.9 Å². The summed E-state index contributed by atoms with van der Waals surface area (Å²) in [6, 6.07) is 7.54. The molecular formula is C20H24N4O5S. The Morgan fingerprint density at radius 2 is 1.97 bits per heavy atom. The summed E-state index contributed by atoms with van der Waals surface area (Å²) in [5.41, 5.74) is 5.80. The van der Waals surface area contributed by atoms with Gasteiger partial charge in [-0.1, -0.05) is 6.07 Å². The van der Waals surface area contributed by atoms with Crippen LogP contribution in [0.5, 0.6) is 11.5 Å². The number of thiophene rings is 1. The van der Waals surface area contributed by atoms with E-state index in [0.717, 1.165) is 4.88 Å². The maximum Gasteiger partial charge on any atom is 0.312 e. The number of benzene rings is 1. The zero-order valence-electron chi connectivity index (χ0n) is 16.6. The number of ether oxygens (including phenoxy) is 2. The lowest BCUT2D eigenvalue weighted by atomic mass is 10.1. The monoisotopic (exact) mass is 432 g/mol. The number of likely N-dealkylation sites (N-methyl/N-ethyl adjacent to an activating group) is 1. The first kappa shape index (κ1) is 21.4. The molecular weight excluding hydrogens is 408 g/mol. The SMILES string of the molecule is CCN(CC(=O)Nc1ccc2c(c1)OCCO2)C(=O)CC(NC(N)=O)c1cccs1. The van der Waals surface area contributed by atoms with Crippen LogP contribution >= 0.6 is 11.3 Å². The first-order valence-electron chi connectivity index (χ1n) is 9.53. The molecule has 0 saturated heterocycles. The van der Waals surface area contributed by atoms with Crippen LogP contribution in [0, 0.1) is 0 Å². The predicted molar refractivity (Wildman–Crippen MR) is 113 cm³/mol. The van der Waals surface area contributed by atoms with Crippen molar-refractivity contribution in [3.8, 4) is 11.5 Å². The number of anilines is 1. The normalized spacial score (nSPS) is 13.2. The maximum atomic E-state index is 12.8. The fraction of sp³-hybridized carbons (Fsp3) is 0.350. The molecule has 10 heteroatoms. The summed E-state index contributed by atoms with van der Waals surface area (Å²) in [6.45, 7) is 2.96. The Morgan fingerprint density at radius 3 is 2.63 bits per heavy atom. The van der Waals surface area contributed by atoms with Crippen molar-refractivity contribution in [1.29, 1.82) is 0 Å².